The van der Waals surface area contributed by atoms with Gasteiger partial charge in [0, 0.05) is 0 Å². The van der Waals surface area contributed by atoms with Crippen LogP contribution in [0.1, 0.15) is 37.7 Å². The Morgan fingerprint density at radius 1 is 1.12 bits per heavy atom. The molecule has 0 aliphatic heterocycles. The minimum Gasteiger partial charge on any atom is -0.860 e. The van der Waals surface area contributed by atoms with E-state index in [4.69, 9.17) is 10.5 Å². The van der Waals surface area contributed by atoms with E-state index in [-0.39, 0.29) is 0 Å². The van der Waals surface area contributed by atoms with Crippen molar-refractivity contribution in [1.29, 1.82) is 5.41 Å². The molecule has 1 unspecified atom stereocenters. The first-order valence-corrected chi connectivity index (χ1v) is 6.17. The summed E-state index contributed by atoms with van der Waals surface area (Å²) in [5.41, 5.74) is 1.36. The summed E-state index contributed by atoms with van der Waals surface area (Å²) < 4.78 is 0. The van der Waals surface area contributed by atoms with Crippen LogP contribution >= 0.6 is 0 Å². The summed E-state index contributed by atoms with van der Waals surface area (Å²) in [7, 11) is 0. The van der Waals surface area contributed by atoms with Crippen LogP contribution in [-0.2, 0) is 6.42 Å². The topological polar surface area (TPSA) is 67.1 Å². The average Bonchev–Trinajstić information content (AvgIpc) is 2.34. The van der Waals surface area contributed by atoms with Crippen molar-refractivity contribution in [2.45, 2.75) is 44.6 Å². The molecule has 0 heterocycles. The van der Waals surface area contributed by atoms with E-state index in [0.29, 0.717) is 6.42 Å². The zero-order valence-electron chi connectivity index (χ0n) is 10.1. The van der Waals surface area contributed by atoms with Gasteiger partial charge in [0.1, 0.15) is 0 Å². The van der Waals surface area contributed by atoms with Gasteiger partial charge in [0.2, 0.25) is 0 Å². The van der Waals surface area contributed by atoms with Crippen LogP contribution in [-0.4, -0.2) is 17.1 Å². The Morgan fingerprint density at radius 2 is 1.76 bits per heavy atom. The Morgan fingerprint density at radius 3 is 2.41 bits per heavy atom. The number of aliphatic hydroxyl groups excluding tert-OH is 1. The van der Waals surface area contributed by atoms with E-state index < -0.39 is 12.0 Å². The van der Waals surface area contributed by atoms with Crippen LogP contribution < -0.4 is 5.11 Å². The van der Waals surface area contributed by atoms with Gasteiger partial charge in [-0.15, -0.1) is 0 Å². The second-order valence-corrected chi connectivity index (χ2v) is 4.32. The van der Waals surface area contributed by atoms with Gasteiger partial charge in [-0.05, 0) is 30.7 Å². The Labute approximate surface area is 103 Å². The number of aryl methyl sites for hydroxylation is 1. The highest BCUT2D eigenvalue weighted by molar-refractivity contribution is 5.72. The number of rotatable bonds is 8. The fourth-order valence-corrected chi connectivity index (χ4v) is 1.80. The molecule has 0 aromatic heterocycles. The highest BCUT2D eigenvalue weighted by Gasteiger charge is 2.01. The van der Waals surface area contributed by atoms with Gasteiger partial charge in [-0.1, -0.05) is 49.6 Å². The van der Waals surface area contributed by atoms with Crippen molar-refractivity contribution in [3.8, 4) is 0 Å². The molecule has 0 fully saturated rings. The fourth-order valence-electron chi connectivity index (χ4n) is 1.80. The third kappa shape index (κ3) is 6.07. The quantitative estimate of drug-likeness (QED) is 0.409. The Hall–Kier alpha value is -1.35. The lowest BCUT2D eigenvalue weighted by Gasteiger charge is -2.14. The Balaban J connectivity index is 2.00. The standard InChI is InChI=1S/C14H21NO2/c15-14(17)13(16)11-7-2-1-4-8-12-9-5-3-6-10-12/h3,5-6,9-10,13,16H,1-2,4,7-8,11H2,(H2,15,17)/p-1. The van der Waals surface area contributed by atoms with E-state index in [0.717, 1.165) is 32.1 Å². The van der Waals surface area contributed by atoms with Crippen molar-refractivity contribution in [3.05, 3.63) is 35.9 Å². The van der Waals surface area contributed by atoms with Gasteiger partial charge in [-0.3, -0.25) is 0 Å². The van der Waals surface area contributed by atoms with Gasteiger partial charge in [-0.25, -0.2) is 0 Å². The minimum atomic E-state index is -1.08. The van der Waals surface area contributed by atoms with Crippen molar-refractivity contribution in [2.75, 3.05) is 0 Å². The maximum Gasteiger partial charge on any atom is 0.0814 e. The molecule has 17 heavy (non-hydrogen) atoms. The summed E-state index contributed by atoms with van der Waals surface area (Å²) in [5.74, 6) is -0.866. The van der Waals surface area contributed by atoms with Crippen LogP contribution in [0.25, 0.3) is 0 Å². The van der Waals surface area contributed by atoms with Crippen LogP contribution in [0.2, 0.25) is 0 Å². The summed E-state index contributed by atoms with van der Waals surface area (Å²) >= 11 is 0. The van der Waals surface area contributed by atoms with E-state index in [1.165, 1.54) is 5.56 Å². The molecule has 1 atom stereocenters. The summed E-state index contributed by atoms with van der Waals surface area (Å²) in [5, 5.41) is 26.3. The highest BCUT2D eigenvalue weighted by Crippen LogP contribution is 2.09. The monoisotopic (exact) mass is 234 g/mol. The molecule has 1 aromatic carbocycles. The smallest absolute Gasteiger partial charge is 0.0814 e. The summed E-state index contributed by atoms with van der Waals surface area (Å²) in [6.45, 7) is 0. The lowest BCUT2D eigenvalue weighted by Crippen LogP contribution is -2.30. The average molecular weight is 234 g/mol. The van der Waals surface area contributed by atoms with E-state index >= 15 is 0 Å². The normalized spacial score (nSPS) is 12.3. The van der Waals surface area contributed by atoms with Crippen LogP contribution in [0.3, 0.4) is 0 Å². The summed E-state index contributed by atoms with van der Waals surface area (Å²) in [6.07, 6.45) is 4.50. The third-order valence-electron chi connectivity index (χ3n) is 2.84. The molecule has 0 saturated heterocycles. The van der Waals surface area contributed by atoms with Crippen molar-refractivity contribution >= 4 is 5.90 Å². The number of hydrogen-bond acceptors (Lipinski definition) is 3. The zero-order valence-corrected chi connectivity index (χ0v) is 10.1. The molecule has 1 rings (SSSR count). The first-order valence-electron chi connectivity index (χ1n) is 6.17. The maximum absolute atomic E-state index is 10.5. The maximum atomic E-state index is 10.5. The second kappa shape index (κ2) is 7.85. The minimum absolute atomic E-state index is 0.424. The van der Waals surface area contributed by atoms with Crippen molar-refractivity contribution in [1.82, 2.24) is 0 Å². The number of hydrogen-bond donors (Lipinski definition) is 2. The van der Waals surface area contributed by atoms with Crippen LogP contribution in [0.15, 0.2) is 30.3 Å². The van der Waals surface area contributed by atoms with E-state index in [1.54, 1.807) is 0 Å². The van der Waals surface area contributed by atoms with Gasteiger partial charge in [-0.2, -0.15) is 0 Å². The van der Waals surface area contributed by atoms with Crippen molar-refractivity contribution in [2.24, 2.45) is 0 Å². The lowest BCUT2D eigenvalue weighted by molar-refractivity contribution is -0.230. The lowest BCUT2D eigenvalue weighted by atomic mass is 10.0. The molecule has 0 amide bonds. The molecule has 0 aliphatic rings. The van der Waals surface area contributed by atoms with Gasteiger partial charge < -0.3 is 15.6 Å². The molecule has 0 aliphatic carbocycles. The number of nitrogens with one attached hydrogen (secondary N) is 1. The first-order chi connectivity index (χ1) is 8.20. The van der Waals surface area contributed by atoms with Gasteiger partial charge in [0.25, 0.3) is 0 Å². The van der Waals surface area contributed by atoms with Crippen LogP contribution in [0.4, 0.5) is 0 Å². The SMILES string of the molecule is N=C([O-])C(O)CCCCCCc1ccccc1. The van der Waals surface area contributed by atoms with Gasteiger partial charge in [0.15, 0.2) is 0 Å². The Kier molecular flexibility index (Phi) is 6.33. The van der Waals surface area contributed by atoms with Crippen LogP contribution in [0.5, 0.6) is 0 Å². The molecule has 1 aromatic rings. The van der Waals surface area contributed by atoms with E-state index in [2.05, 4.69) is 12.1 Å². The van der Waals surface area contributed by atoms with Gasteiger partial charge >= 0.3 is 0 Å². The molecule has 2 N–H and O–H groups in total. The van der Waals surface area contributed by atoms with Gasteiger partial charge in [0.05, 0.1) is 6.10 Å². The summed E-state index contributed by atoms with van der Waals surface area (Å²) in [4.78, 5) is 0. The first kappa shape index (κ1) is 13.7. The second-order valence-electron chi connectivity index (χ2n) is 4.32. The largest absolute Gasteiger partial charge is 0.860 e. The molecular weight excluding hydrogens is 214 g/mol. The number of benzene rings is 1. The highest BCUT2D eigenvalue weighted by atomic mass is 16.3. The summed E-state index contributed by atoms with van der Waals surface area (Å²) in [6, 6.07) is 10.4. The van der Waals surface area contributed by atoms with Crippen molar-refractivity contribution < 1.29 is 10.2 Å². The van der Waals surface area contributed by atoms with E-state index in [1.807, 2.05) is 18.2 Å². The number of aliphatic hydroxyl groups is 1. The molecule has 3 heteroatoms. The number of unbranched alkanes of at least 4 members (excludes halogenated alkanes) is 3. The predicted molar refractivity (Wildman–Crippen MR) is 67.0 cm³/mol. The molecule has 0 radical (unpaired) electrons. The molecule has 0 spiro atoms. The predicted octanol–water partition coefficient (Wildman–Crippen LogP) is 1.88. The van der Waals surface area contributed by atoms with Crippen molar-refractivity contribution in [3.63, 3.8) is 0 Å². The third-order valence-corrected chi connectivity index (χ3v) is 2.84. The zero-order chi connectivity index (χ0) is 12.5. The Bertz CT molecular complexity index is 324. The molecule has 0 saturated carbocycles. The van der Waals surface area contributed by atoms with E-state index in [9.17, 15) is 5.11 Å². The molecular formula is C14H20NO2-. The fraction of sp³-hybridized carbons (Fsp3) is 0.500. The molecule has 94 valence electrons. The van der Waals surface area contributed by atoms with Crippen LogP contribution in [0, 0.1) is 5.41 Å². The molecule has 0 bridgehead atoms. The molecule has 3 nitrogen and oxygen atoms in total.